The first-order valence-electron chi connectivity index (χ1n) is 4.21. The van der Waals surface area contributed by atoms with Crippen molar-refractivity contribution in [2.75, 3.05) is 6.54 Å². The molecule has 0 heterocycles. The summed E-state index contributed by atoms with van der Waals surface area (Å²) in [4.78, 5) is 10.3. The van der Waals surface area contributed by atoms with Crippen LogP contribution in [-0.4, -0.2) is 12.6 Å². The number of urea groups is 1. The maximum atomic E-state index is 10.3. The SMILES string of the molecule is CC1CCC(CNC(N)=O)C1. The maximum absolute atomic E-state index is 10.3. The molecule has 1 aliphatic rings. The van der Waals surface area contributed by atoms with E-state index in [1.165, 1.54) is 19.3 Å². The van der Waals surface area contributed by atoms with Crippen LogP contribution < -0.4 is 11.1 Å². The van der Waals surface area contributed by atoms with Gasteiger partial charge in [0.1, 0.15) is 0 Å². The van der Waals surface area contributed by atoms with Gasteiger partial charge in [-0.2, -0.15) is 0 Å². The van der Waals surface area contributed by atoms with Crippen LogP contribution in [0.1, 0.15) is 26.2 Å². The molecule has 64 valence electrons. The largest absolute Gasteiger partial charge is 0.352 e. The molecule has 2 amide bonds. The van der Waals surface area contributed by atoms with E-state index >= 15 is 0 Å². The smallest absolute Gasteiger partial charge is 0.312 e. The molecule has 3 heteroatoms. The van der Waals surface area contributed by atoms with Gasteiger partial charge in [0.25, 0.3) is 0 Å². The molecule has 0 aromatic carbocycles. The predicted octanol–water partition coefficient (Wildman–Crippen LogP) is 1.09. The Kier molecular flexibility index (Phi) is 2.74. The van der Waals surface area contributed by atoms with Crippen LogP contribution in [0.4, 0.5) is 4.79 Å². The quantitative estimate of drug-likeness (QED) is 0.617. The lowest BCUT2D eigenvalue weighted by Crippen LogP contribution is -2.33. The normalized spacial score (nSPS) is 30.3. The maximum Gasteiger partial charge on any atom is 0.312 e. The van der Waals surface area contributed by atoms with Crippen LogP contribution in [0.3, 0.4) is 0 Å². The minimum atomic E-state index is -0.399. The summed E-state index contributed by atoms with van der Waals surface area (Å²) in [5, 5.41) is 2.65. The Morgan fingerprint density at radius 2 is 2.36 bits per heavy atom. The molecule has 0 bridgehead atoms. The number of carbonyl (C=O) groups excluding carboxylic acids is 1. The van der Waals surface area contributed by atoms with Crippen molar-refractivity contribution in [3.05, 3.63) is 0 Å². The van der Waals surface area contributed by atoms with Crippen molar-refractivity contribution in [1.29, 1.82) is 0 Å². The lowest BCUT2D eigenvalue weighted by molar-refractivity contribution is 0.247. The molecule has 2 atom stereocenters. The Bertz CT molecular complexity index is 147. The van der Waals surface area contributed by atoms with Crippen LogP contribution in [0.5, 0.6) is 0 Å². The van der Waals surface area contributed by atoms with Gasteiger partial charge >= 0.3 is 6.03 Å². The van der Waals surface area contributed by atoms with E-state index in [0.717, 1.165) is 12.5 Å². The molecular formula is C8H16N2O. The number of amides is 2. The predicted molar refractivity (Wildman–Crippen MR) is 44.1 cm³/mol. The Morgan fingerprint density at radius 1 is 1.64 bits per heavy atom. The minimum absolute atomic E-state index is 0.399. The molecule has 1 fully saturated rings. The molecule has 3 N–H and O–H groups in total. The second kappa shape index (κ2) is 3.60. The number of hydrogen-bond donors (Lipinski definition) is 2. The third-order valence-electron chi connectivity index (χ3n) is 2.37. The number of rotatable bonds is 2. The first-order valence-corrected chi connectivity index (χ1v) is 4.21. The van der Waals surface area contributed by atoms with Gasteiger partial charge < -0.3 is 11.1 Å². The van der Waals surface area contributed by atoms with E-state index in [1.54, 1.807) is 0 Å². The summed E-state index contributed by atoms with van der Waals surface area (Å²) in [5.41, 5.74) is 4.96. The summed E-state index contributed by atoms with van der Waals surface area (Å²) >= 11 is 0. The van der Waals surface area contributed by atoms with Crippen LogP contribution in [0.25, 0.3) is 0 Å². The molecule has 1 saturated carbocycles. The van der Waals surface area contributed by atoms with Gasteiger partial charge in [0, 0.05) is 6.54 Å². The standard InChI is InChI=1S/C8H16N2O/c1-6-2-3-7(4-6)5-10-8(9)11/h6-7H,2-5H2,1H3,(H3,9,10,11). The molecule has 11 heavy (non-hydrogen) atoms. The topological polar surface area (TPSA) is 55.1 Å². The molecular weight excluding hydrogens is 140 g/mol. The van der Waals surface area contributed by atoms with Crippen molar-refractivity contribution < 1.29 is 4.79 Å². The van der Waals surface area contributed by atoms with E-state index in [4.69, 9.17) is 5.73 Å². The second-order valence-electron chi connectivity index (χ2n) is 3.53. The first-order chi connectivity index (χ1) is 5.18. The van der Waals surface area contributed by atoms with E-state index in [0.29, 0.717) is 5.92 Å². The average molecular weight is 156 g/mol. The first kappa shape index (κ1) is 8.37. The van der Waals surface area contributed by atoms with Gasteiger partial charge in [-0.15, -0.1) is 0 Å². The Hall–Kier alpha value is -0.730. The van der Waals surface area contributed by atoms with Crippen LogP contribution in [0, 0.1) is 11.8 Å². The fourth-order valence-electron chi connectivity index (χ4n) is 1.76. The van der Waals surface area contributed by atoms with Crippen molar-refractivity contribution in [3.8, 4) is 0 Å². The summed E-state index contributed by atoms with van der Waals surface area (Å²) < 4.78 is 0. The van der Waals surface area contributed by atoms with Crippen LogP contribution >= 0.6 is 0 Å². The lowest BCUT2D eigenvalue weighted by Gasteiger charge is -2.08. The van der Waals surface area contributed by atoms with Crippen molar-refractivity contribution in [1.82, 2.24) is 5.32 Å². The molecule has 2 unspecified atom stereocenters. The third kappa shape index (κ3) is 2.78. The fourth-order valence-corrected chi connectivity index (χ4v) is 1.76. The summed E-state index contributed by atoms with van der Waals surface area (Å²) in [7, 11) is 0. The van der Waals surface area contributed by atoms with Gasteiger partial charge in [0.15, 0.2) is 0 Å². The zero-order valence-electron chi connectivity index (χ0n) is 6.97. The van der Waals surface area contributed by atoms with Gasteiger partial charge in [-0.25, -0.2) is 4.79 Å². The highest BCUT2D eigenvalue weighted by Gasteiger charge is 2.20. The zero-order chi connectivity index (χ0) is 8.27. The van der Waals surface area contributed by atoms with Crippen LogP contribution in [0.15, 0.2) is 0 Å². The lowest BCUT2D eigenvalue weighted by atomic mass is 10.1. The number of carbonyl (C=O) groups is 1. The van der Waals surface area contributed by atoms with E-state index in [9.17, 15) is 4.79 Å². The Balaban J connectivity index is 2.13. The number of primary amides is 1. The number of nitrogens with two attached hydrogens (primary N) is 1. The van der Waals surface area contributed by atoms with Gasteiger partial charge in [0.2, 0.25) is 0 Å². The Morgan fingerprint density at radius 3 is 2.82 bits per heavy atom. The summed E-state index contributed by atoms with van der Waals surface area (Å²) in [6, 6.07) is -0.399. The van der Waals surface area contributed by atoms with E-state index < -0.39 is 6.03 Å². The monoisotopic (exact) mass is 156 g/mol. The summed E-state index contributed by atoms with van der Waals surface area (Å²) in [5.74, 6) is 1.49. The molecule has 1 aliphatic carbocycles. The van der Waals surface area contributed by atoms with Crippen LogP contribution in [0.2, 0.25) is 0 Å². The van der Waals surface area contributed by atoms with Crippen molar-refractivity contribution in [2.24, 2.45) is 17.6 Å². The summed E-state index contributed by atoms with van der Waals surface area (Å²) in [6.07, 6.45) is 3.77. The molecule has 0 aromatic rings. The van der Waals surface area contributed by atoms with Gasteiger partial charge in [-0.05, 0) is 24.7 Å². The van der Waals surface area contributed by atoms with Gasteiger partial charge in [-0.1, -0.05) is 13.3 Å². The number of hydrogen-bond acceptors (Lipinski definition) is 1. The van der Waals surface area contributed by atoms with Crippen LogP contribution in [-0.2, 0) is 0 Å². The average Bonchev–Trinajstić information content (AvgIpc) is 2.31. The fraction of sp³-hybridized carbons (Fsp3) is 0.875. The highest BCUT2D eigenvalue weighted by Crippen LogP contribution is 2.29. The van der Waals surface area contributed by atoms with E-state index in [-0.39, 0.29) is 0 Å². The molecule has 1 rings (SSSR count). The molecule has 0 aromatic heterocycles. The molecule has 0 radical (unpaired) electrons. The zero-order valence-corrected chi connectivity index (χ0v) is 6.97. The molecule has 0 spiro atoms. The van der Waals surface area contributed by atoms with Crippen molar-refractivity contribution >= 4 is 6.03 Å². The minimum Gasteiger partial charge on any atom is -0.352 e. The Labute approximate surface area is 67.3 Å². The highest BCUT2D eigenvalue weighted by molar-refractivity contribution is 5.71. The van der Waals surface area contributed by atoms with Crippen molar-refractivity contribution in [2.45, 2.75) is 26.2 Å². The van der Waals surface area contributed by atoms with Gasteiger partial charge in [0.05, 0.1) is 0 Å². The molecule has 0 saturated heterocycles. The summed E-state index contributed by atoms with van der Waals surface area (Å²) in [6.45, 7) is 3.02. The molecule has 3 nitrogen and oxygen atoms in total. The van der Waals surface area contributed by atoms with E-state index in [2.05, 4.69) is 12.2 Å². The second-order valence-corrected chi connectivity index (χ2v) is 3.53. The number of nitrogens with one attached hydrogen (secondary N) is 1. The third-order valence-corrected chi connectivity index (χ3v) is 2.37. The van der Waals surface area contributed by atoms with Crippen molar-refractivity contribution in [3.63, 3.8) is 0 Å². The van der Waals surface area contributed by atoms with Gasteiger partial charge in [-0.3, -0.25) is 0 Å². The van der Waals surface area contributed by atoms with E-state index in [1.807, 2.05) is 0 Å². The molecule has 0 aliphatic heterocycles. The highest BCUT2D eigenvalue weighted by atomic mass is 16.2.